The smallest absolute Gasteiger partial charge is 0.0622 e. The van der Waals surface area contributed by atoms with Gasteiger partial charge >= 0.3 is 0 Å². The molecule has 0 aromatic heterocycles. The lowest BCUT2D eigenvalue weighted by Gasteiger charge is -2.27. The van der Waals surface area contributed by atoms with Crippen molar-refractivity contribution >= 4 is 11.8 Å². The molecule has 2 saturated carbocycles. The van der Waals surface area contributed by atoms with Crippen LogP contribution in [0.3, 0.4) is 0 Å². The van der Waals surface area contributed by atoms with Gasteiger partial charge in [0.2, 0.25) is 0 Å². The fraction of sp³-hybridized carbons (Fsp3) is 1.00. The highest BCUT2D eigenvalue weighted by Crippen LogP contribution is 2.40. The maximum absolute atomic E-state index is 9.35. The molecule has 0 aromatic rings. The van der Waals surface area contributed by atoms with Crippen molar-refractivity contribution in [3.05, 3.63) is 0 Å². The summed E-state index contributed by atoms with van der Waals surface area (Å²) in [5.41, 5.74) is 5.94. The van der Waals surface area contributed by atoms with Crippen molar-refractivity contribution in [1.82, 2.24) is 0 Å². The zero-order valence-corrected chi connectivity index (χ0v) is 10.3. The number of hydrogen-bond donors (Lipinski definition) is 2. The van der Waals surface area contributed by atoms with E-state index in [4.69, 9.17) is 5.73 Å². The molecular formula is C12H23NOS. The highest BCUT2D eigenvalue weighted by atomic mass is 32.2. The molecule has 3 heteroatoms. The molecule has 0 aliphatic heterocycles. The quantitative estimate of drug-likeness (QED) is 0.732. The van der Waals surface area contributed by atoms with Crippen LogP contribution in [0.1, 0.15) is 38.5 Å². The molecule has 2 rings (SSSR count). The van der Waals surface area contributed by atoms with Gasteiger partial charge in [-0.05, 0) is 43.3 Å². The minimum Gasteiger partial charge on any atom is -0.394 e. The first-order valence-corrected chi connectivity index (χ1v) is 7.37. The summed E-state index contributed by atoms with van der Waals surface area (Å²) in [5, 5.41) is 9.35. The zero-order chi connectivity index (χ0) is 10.7. The lowest BCUT2D eigenvalue weighted by Crippen LogP contribution is -2.48. The second-order valence-corrected chi connectivity index (χ2v) is 6.36. The van der Waals surface area contributed by atoms with Crippen LogP contribution in [0.2, 0.25) is 0 Å². The van der Waals surface area contributed by atoms with Crippen molar-refractivity contribution in [3.8, 4) is 0 Å². The third-order valence-corrected chi connectivity index (χ3v) is 5.33. The van der Waals surface area contributed by atoms with Crippen LogP contribution in [-0.4, -0.2) is 28.8 Å². The third-order valence-electron chi connectivity index (χ3n) is 3.88. The van der Waals surface area contributed by atoms with Crippen molar-refractivity contribution in [2.75, 3.05) is 18.1 Å². The number of thioether (sulfide) groups is 1. The Morgan fingerprint density at radius 3 is 2.40 bits per heavy atom. The number of rotatable bonds is 6. The Balaban J connectivity index is 1.66. The summed E-state index contributed by atoms with van der Waals surface area (Å²) >= 11 is 1.97. The van der Waals surface area contributed by atoms with Gasteiger partial charge in [-0.25, -0.2) is 0 Å². The van der Waals surface area contributed by atoms with E-state index in [0.717, 1.165) is 11.7 Å². The summed E-state index contributed by atoms with van der Waals surface area (Å²) in [6, 6.07) is 0. The molecule has 0 bridgehead atoms. The predicted octanol–water partition coefficient (Wildman–Crippen LogP) is 2.01. The second-order valence-electron chi connectivity index (χ2n) is 5.33. The number of aliphatic hydroxyl groups excluding tert-OH is 1. The van der Waals surface area contributed by atoms with E-state index in [1.54, 1.807) is 0 Å². The molecule has 15 heavy (non-hydrogen) atoms. The van der Waals surface area contributed by atoms with Crippen molar-refractivity contribution in [2.24, 2.45) is 17.6 Å². The van der Waals surface area contributed by atoms with Crippen molar-refractivity contribution in [3.63, 3.8) is 0 Å². The maximum Gasteiger partial charge on any atom is 0.0622 e. The van der Waals surface area contributed by atoms with E-state index >= 15 is 0 Å². The molecule has 0 aromatic carbocycles. The summed E-state index contributed by atoms with van der Waals surface area (Å²) in [5.74, 6) is 3.73. The Kier molecular flexibility index (Phi) is 3.97. The minimum atomic E-state index is -0.275. The Labute approximate surface area is 97.0 Å². The number of aliphatic hydroxyl groups is 1. The molecule has 88 valence electrons. The van der Waals surface area contributed by atoms with Crippen LogP contribution >= 0.6 is 11.8 Å². The fourth-order valence-electron chi connectivity index (χ4n) is 2.54. The van der Waals surface area contributed by atoms with Gasteiger partial charge in [-0.1, -0.05) is 12.8 Å². The topological polar surface area (TPSA) is 46.2 Å². The van der Waals surface area contributed by atoms with Gasteiger partial charge in [0.25, 0.3) is 0 Å². The van der Waals surface area contributed by atoms with Gasteiger partial charge in [0.1, 0.15) is 0 Å². The van der Waals surface area contributed by atoms with Gasteiger partial charge in [-0.15, -0.1) is 0 Å². The highest BCUT2D eigenvalue weighted by molar-refractivity contribution is 7.99. The molecule has 2 nitrogen and oxygen atoms in total. The summed E-state index contributed by atoms with van der Waals surface area (Å²) in [6.07, 6.45) is 8.10. The summed E-state index contributed by atoms with van der Waals surface area (Å²) in [4.78, 5) is 0. The predicted molar refractivity (Wildman–Crippen MR) is 66.0 cm³/mol. The lowest BCUT2D eigenvalue weighted by atomic mass is 9.99. The van der Waals surface area contributed by atoms with Gasteiger partial charge in [0, 0.05) is 5.75 Å². The minimum absolute atomic E-state index is 0.162. The van der Waals surface area contributed by atoms with Crippen molar-refractivity contribution < 1.29 is 5.11 Å². The summed E-state index contributed by atoms with van der Waals surface area (Å²) in [7, 11) is 0. The maximum atomic E-state index is 9.35. The standard InChI is InChI=1S/C12H23NOS/c13-12(8-14,11-5-6-11)9-15-7-10-3-1-2-4-10/h10-11,14H,1-9,13H2. The van der Waals surface area contributed by atoms with Crippen LogP contribution in [0.5, 0.6) is 0 Å². The van der Waals surface area contributed by atoms with Crippen LogP contribution in [0.4, 0.5) is 0 Å². The lowest BCUT2D eigenvalue weighted by molar-refractivity contribution is 0.194. The van der Waals surface area contributed by atoms with E-state index in [9.17, 15) is 5.11 Å². The molecule has 0 heterocycles. The first kappa shape index (κ1) is 11.7. The Morgan fingerprint density at radius 1 is 1.20 bits per heavy atom. The summed E-state index contributed by atoms with van der Waals surface area (Å²) < 4.78 is 0. The average molecular weight is 229 g/mol. The van der Waals surface area contributed by atoms with Crippen LogP contribution in [-0.2, 0) is 0 Å². The molecule has 0 spiro atoms. The van der Waals surface area contributed by atoms with Gasteiger partial charge in [0.05, 0.1) is 12.1 Å². The zero-order valence-electron chi connectivity index (χ0n) is 9.45. The van der Waals surface area contributed by atoms with E-state index in [-0.39, 0.29) is 12.1 Å². The third kappa shape index (κ3) is 3.11. The van der Waals surface area contributed by atoms with E-state index in [2.05, 4.69) is 0 Å². The van der Waals surface area contributed by atoms with E-state index in [1.807, 2.05) is 11.8 Å². The largest absolute Gasteiger partial charge is 0.394 e. The van der Waals surface area contributed by atoms with E-state index in [0.29, 0.717) is 5.92 Å². The van der Waals surface area contributed by atoms with Crippen molar-refractivity contribution in [1.29, 1.82) is 0 Å². The Hall–Kier alpha value is 0.270. The van der Waals surface area contributed by atoms with Gasteiger partial charge < -0.3 is 10.8 Å². The van der Waals surface area contributed by atoms with Gasteiger partial charge in [-0.2, -0.15) is 11.8 Å². The Bertz CT molecular complexity index is 202. The fourth-order valence-corrected chi connectivity index (χ4v) is 4.04. The van der Waals surface area contributed by atoms with Gasteiger partial charge in [0.15, 0.2) is 0 Å². The second kappa shape index (κ2) is 5.07. The molecule has 2 aliphatic rings. The summed E-state index contributed by atoms with van der Waals surface area (Å²) in [6.45, 7) is 0.162. The molecule has 0 amide bonds. The van der Waals surface area contributed by atoms with E-state index in [1.165, 1.54) is 44.3 Å². The molecule has 1 atom stereocenters. The van der Waals surface area contributed by atoms with Crippen LogP contribution in [0.25, 0.3) is 0 Å². The number of nitrogens with two attached hydrogens (primary N) is 1. The molecule has 3 N–H and O–H groups in total. The molecule has 1 unspecified atom stereocenters. The highest BCUT2D eigenvalue weighted by Gasteiger charge is 2.41. The van der Waals surface area contributed by atoms with E-state index < -0.39 is 0 Å². The molecule has 2 fully saturated rings. The average Bonchev–Trinajstić information content (AvgIpc) is 2.98. The van der Waals surface area contributed by atoms with Crippen LogP contribution < -0.4 is 5.73 Å². The van der Waals surface area contributed by atoms with Crippen LogP contribution in [0.15, 0.2) is 0 Å². The Morgan fingerprint density at radius 2 is 1.87 bits per heavy atom. The monoisotopic (exact) mass is 229 g/mol. The first-order chi connectivity index (χ1) is 7.24. The molecule has 2 aliphatic carbocycles. The molecular weight excluding hydrogens is 206 g/mol. The van der Waals surface area contributed by atoms with Crippen LogP contribution in [0, 0.1) is 11.8 Å². The molecule has 0 saturated heterocycles. The molecule has 0 radical (unpaired) electrons. The SMILES string of the molecule is NC(CO)(CSCC1CCCC1)C1CC1. The normalized spacial score (nSPS) is 26.8. The first-order valence-electron chi connectivity index (χ1n) is 6.22. The van der Waals surface area contributed by atoms with Gasteiger partial charge in [-0.3, -0.25) is 0 Å². The number of hydrogen-bond acceptors (Lipinski definition) is 3. The van der Waals surface area contributed by atoms with Crippen molar-refractivity contribution in [2.45, 2.75) is 44.1 Å².